The van der Waals surface area contributed by atoms with Gasteiger partial charge >= 0.3 is 0 Å². The normalized spacial score (nSPS) is 44.7. The maximum absolute atomic E-state index is 9.38. The second-order valence-corrected chi connectivity index (χ2v) is 3.04. The van der Waals surface area contributed by atoms with Gasteiger partial charge in [0.1, 0.15) is 6.10 Å². The molecule has 0 radical (unpaired) electrons. The minimum atomic E-state index is -0.968. The van der Waals surface area contributed by atoms with E-state index >= 15 is 0 Å². The van der Waals surface area contributed by atoms with Crippen LogP contribution in [-0.2, 0) is 4.74 Å². The van der Waals surface area contributed by atoms with Gasteiger partial charge in [0.25, 0.3) is 0 Å². The summed E-state index contributed by atoms with van der Waals surface area (Å²) in [5.41, 5.74) is 0. The highest BCUT2D eigenvalue weighted by Gasteiger charge is 2.40. The minimum absolute atomic E-state index is 0.0324. The standard InChI is InChI=1S/C8H16O3/c1-3-5-6(4-2)11-8(10)7(5)9/h5-10H,3-4H2,1-2H3/t5-,6-,7-,8?/m1/s1. The fourth-order valence-corrected chi connectivity index (χ4v) is 1.70. The third kappa shape index (κ3) is 1.55. The number of hydrogen-bond donors (Lipinski definition) is 2. The molecular weight excluding hydrogens is 144 g/mol. The summed E-state index contributed by atoms with van der Waals surface area (Å²) in [5.74, 6) is 0.106. The van der Waals surface area contributed by atoms with Crippen molar-refractivity contribution in [3.8, 4) is 0 Å². The van der Waals surface area contributed by atoms with Crippen LogP contribution in [0.3, 0.4) is 0 Å². The maximum atomic E-state index is 9.38. The van der Waals surface area contributed by atoms with E-state index in [1.165, 1.54) is 0 Å². The van der Waals surface area contributed by atoms with E-state index in [0.29, 0.717) is 0 Å². The van der Waals surface area contributed by atoms with Gasteiger partial charge in [0.15, 0.2) is 6.29 Å². The van der Waals surface area contributed by atoms with Gasteiger partial charge in [-0.05, 0) is 12.8 Å². The van der Waals surface area contributed by atoms with Crippen LogP contribution >= 0.6 is 0 Å². The lowest BCUT2D eigenvalue weighted by Gasteiger charge is -2.15. The highest BCUT2D eigenvalue weighted by Crippen LogP contribution is 2.29. The highest BCUT2D eigenvalue weighted by molar-refractivity contribution is 4.84. The van der Waals surface area contributed by atoms with Crippen molar-refractivity contribution < 1.29 is 14.9 Å². The Hall–Kier alpha value is -0.120. The first-order chi connectivity index (χ1) is 5.20. The van der Waals surface area contributed by atoms with Gasteiger partial charge in [-0.3, -0.25) is 0 Å². The molecule has 66 valence electrons. The van der Waals surface area contributed by atoms with Crippen molar-refractivity contribution in [2.24, 2.45) is 5.92 Å². The van der Waals surface area contributed by atoms with E-state index < -0.39 is 12.4 Å². The Labute approximate surface area is 67.0 Å². The molecule has 1 aliphatic heterocycles. The van der Waals surface area contributed by atoms with Gasteiger partial charge in [-0.2, -0.15) is 0 Å². The SMILES string of the molecule is CC[C@@H]1[C@@H](CC)OC(O)[C@@H]1O. The molecule has 0 aliphatic carbocycles. The van der Waals surface area contributed by atoms with E-state index in [9.17, 15) is 5.11 Å². The largest absolute Gasteiger partial charge is 0.387 e. The first-order valence-electron chi connectivity index (χ1n) is 4.22. The van der Waals surface area contributed by atoms with Gasteiger partial charge in [-0.1, -0.05) is 13.8 Å². The molecule has 2 N–H and O–H groups in total. The Kier molecular flexibility index (Phi) is 2.87. The molecule has 0 aromatic rings. The molecule has 0 saturated carbocycles. The Morgan fingerprint density at radius 1 is 1.18 bits per heavy atom. The fourth-order valence-electron chi connectivity index (χ4n) is 1.70. The summed E-state index contributed by atoms with van der Waals surface area (Å²) in [6.45, 7) is 4.00. The molecule has 0 amide bonds. The second-order valence-electron chi connectivity index (χ2n) is 3.04. The quantitative estimate of drug-likeness (QED) is 0.618. The van der Waals surface area contributed by atoms with Gasteiger partial charge < -0.3 is 14.9 Å². The van der Waals surface area contributed by atoms with Crippen LogP contribution in [0.5, 0.6) is 0 Å². The summed E-state index contributed by atoms with van der Waals surface area (Å²) >= 11 is 0. The van der Waals surface area contributed by atoms with Gasteiger partial charge in [0.2, 0.25) is 0 Å². The van der Waals surface area contributed by atoms with Crippen molar-refractivity contribution in [1.29, 1.82) is 0 Å². The molecule has 3 nitrogen and oxygen atoms in total. The fraction of sp³-hybridized carbons (Fsp3) is 1.00. The van der Waals surface area contributed by atoms with Crippen LogP contribution in [0.25, 0.3) is 0 Å². The zero-order chi connectivity index (χ0) is 8.43. The number of rotatable bonds is 2. The van der Waals surface area contributed by atoms with Crippen molar-refractivity contribution >= 4 is 0 Å². The van der Waals surface area contributed by atoms with Crippen LogP contribution in [0.1, 0.15) is 26.7 Å². The average Bonchev–Trinajstić information content (AvgIpc) is 2.28. The lowest BCUT2D eigenvalue weighted by molar-refractivity contribution is -0.127. The second kappa shape index (κ2) is 3.52. The van der Waals surface area contributed by atoms with Crippen LogP contribution in [0, 0.1) is 5.92 Å². The van der Waals surface area contributed by atoms with Crippen molar-refractivity contribution in [1.82, 2.24) is 0 Å². The average molecular weight is 160 g/mol. The van der Waals surface area contributed by atoms with Crippen LogP contribution < -0.4 is 0 Å². The van der Waals surface area contributed by atoms with Gasteiger partial charge in [-0.15, -0.1) is 0 Å². The summed E-state index contributed by atoms with van der Waals surface area (Å²) in [6, 6.07) is 0. The van der Waals surface area contributed by atoms with Crippen LogP contribution in [0.2, 0.25) is 0 Å². The summed E-state index contributed by atoms with van der Waals surface area (Å²) in [7, 11) is 0. The molecule has 0 aromatic carbocycles. The lowest BCUT2D eigenvalue weighted by atomic mass is 9.94. The van der Waals surface area contributed by atoms with Crippen molar-refractivity contribution in [3.63, 3.8) is 0 Å². The monoisotopic (exact) mass is 160 g/mol. The molecule has 1 fully saturated rings. The van der Waals surface area contributed by atoms with E-state index in [1.54, 1.807) is 0 Å². The smallest absolute Gasteiger partial charge is 0.181 e. The van der Waals surface area contributed by atoms with Crippen LogP contribution in [0.15, 0.2) is 0 Å². The molecule has 1 heterocycles. The molecule has 1 saturated heterocycles. The predicted molar refractivity (Wildman–Crippen MR) is 41.0 cm³/mol. The van der Waals surface area contributed by atoms with E-state index in [2.05, 4.69) is 0 Å². The number of aliphatic hydroxyl groups is 2. The summed E-state index contributed by atoms with van der Waals surface area (Å²) < 4.78 is 5.13. The number of hydrogen-bond acceptors (Lipinski definition) is 3. The Morgan fingerprint density at radius 2 is 1.82 bits per heavy atom. The predicted octanol–water partition coefficient (Wildman–Crippen LogP) is 0.501. The summed E-state index contributed by atoms with van der Waals surface area (Å²) in [4.78, 5) is 0. The number of ether oxygens (including phenoxy) is 1. The third-order valence-electron chi connectivity index (χ3n) is 2.40. The topological polar surface area (TPSA) is 49.7 Å². The van der Waals surface area contributed by atoms with E-state index in [0.717, 1.165) is 12.8 Å². The first kappa shape index (κ1) is 8.97. The van der Waals surface area contributed by atoms with Crippen molar-refractivity contribution in [2.75, 3.05) is 0 Å². The van der Waals surface area contributed by atoms with Gasteiger partial charge in [-0.25, -0.2) is 0 Å². The Morgan fingerprint density at radius 3 is 2.18 bits per heavy atom. The van der Waals surface area contributed by atoms with Gasteiger partial charge in [0.05, 0.1) is 6.10 Å². The zero-order valence-corrected chi connectivity index (χ0v) is 7.03. The molecule has 1 unspecified atom stereocenters. The first-order valence-corrected chi connectivity index (χ1v) is 4.22. The maximum Gasteiger partial charge on any atom is 0.181 e. The molecular formula is C8H16O3. The van der Waals surface area contributed by atoms with E-state index in [-0.39, 0.29) is 12.0 Å². The summed E-state index contributed by atoms with van der Waals surface area (Å²) in [5, 5.41) is 18.5. The van der Waals surface area contributed by atoms with Crippen LogP contribution in [0.4, 0.5) is 0 Å². The molecule has 0 bridgehead atoms. The molecule has 3 heteroatoms. The molecule has 0 spiro atoms. The highest BCUT2D eigenvalue weighted by atomic mass is 16.6. The lowest BCUT2D eigenvalue weighted by Crippen LogP contribution is -2.26. The Balaban J connectivity index is 2.57. The number of aliphatic hydroxyl groups excluding tert-OH is 2. The molecule has 0 aromatic heterocycles. The third-order valence-corrected chi connectivity index (χ3v) is 2.40. The molecule has 1 rings (SSSR count). The molecule has 11 heavy (non-hydrogen) atoms. The summed E-state index contributed by atoms with van der Waals surface area (Å²) in [6.07, 6.45) is 0.0865. The zero-order valence-electron chi connectivity index (χ0n) is 7.03. The molecule has 1 aliphatic rings. The van der Waals surface area contributed by atoms with Crippen molar-refractivity contribution in [2.45, 2.75) is 45.2 Å². The molecule has 4 atom stereocenters. The van der Waals surface area contributed by atoms with Crippen LogP contribution in [-0.4, -0.2) is 28.7 Å². The van der Waals surface area contributed by atoms with Crippen molar-refractivity contribution in [3.05, 3.63) is 0 Å². The van der Waals surface area contributed by atoms with E-state index in [1.807, 2.05) is 13.8 Å². The Bertz CT molecular complexity index is 127. The van der Waals surface area contributed by atoms with Gasteiger partial charge in [0, 0.05) is 5.92 Å². The van der Waals surface area contributed by atoms with E-state index in [4.69, 9.17) is 9.84 Å². The minimum Gasteiger partial charge on any atom is -0.387 e.